The zero-order valence-electron chi connectivity index (χ0n) is 10.9. The molecule has 21 heavy (non-hydrogen) atoms. The fraction of sp³-hybridized carbons (Fsp3) is 0.286. The van der Waals surface area contributed by atoms with Crippen LogP contribution in [0, 0.1) is 11.7 Å². The van der Waals surface area contributed by atoms with Crippen molar-refractivity contribution in [3.05, 3.63) is 50.6 Å². The van der Waals surface area contributed by atoms with Gasteiger partial charge in [0.05, 0.1) is 16.2 Å². The zero-order chi connectivity index (χ0) is 15.0. The fourth-order valence-corrected chi connectivity index (χ4v) is 2.33. The summed E-state index contributed by atoms with van der Waals surface area (Å²) in [6, 6.07) is 4.11. The summed E-state index contributed by atoms with van der Waals surface area (Å²) in [5, 5.41) is 7.11. The van der Waals surface area contributed by atoms with Gasteiger partial charge in [0, 0.05) is 12.2 Å². The van der Waals surface area contributed by atoms with Gasteiger partial charge < -0.3 is 5.32 Å². The second-order valence-corrected chi connectivity index (χ2v) is 5.87. The van der Waals surface area contributed by atoms with Gasteiger partial charge in [0.15, 0.2) is 0 Å². The Kier molecular flexibility index (Phi) is 3.87. The van der Waals surface area contributed by atoms with Crippen molar-refractivity contribution in [2.45, 2.75) is 19.4 Å². The maximum Gasteiger partial charge on any atom is 0.291 e. The van der Waals surface area contributed by atoms with Crippen LogP contribution in [-0.2, 0) is 6.54 Å². The summed E-state index contributed by atoms with van der Waals surface area (Å²) in [6.07, 6.45) is 3.67. The quantitative estimate of drug-likeness (QED) is 0.927. The Morgan fingerprint density at radius 1 is 1.33 bits per heavy atom. The monoisotopic (exact) mass is 327 g/mol. The van der Waals surface area contributed by atoms with Gasteiger partial charge >= 0.3 is 0 Å². The van der Waals surface area contributed by atoms with Gasteiger partial charge in [0.1, 0.15) is 11.5 Å². The Morgan fingerprint density at radius 2 is 2.10 bits per heavy atom. The Labute approximate surface area is 130 Å². The van der Waals surface area contributed by atoms with Gasteiger partial charge in [-0.05, 0) is 37.0 Å². The molecule has 1 fully saturated rings. The van der Waals surface area contributed by atoms with Gasteiger partial charge in [0.25, 0.3) is 5.56 Å². The third kappa shape index (κ3) is 3.19. The summed E-state index contributed by atoms with van der Waals surface area (Å²) >= 11 is 11.8. The SMILES string of the molecule is O=c1c(Nc2ccc(F)c(Cl)c2)c(Cl)cnn1CC1CC1. The first-order chi connectivity index (χ1) is 10.0. The van der Waals surface area contributed by atoms with Crippen molar-refractivity contribution < 1.29 is 4.39 Å². The first-order valence-electron chi connectivity index (χ1n) is 6.52. The average molecular weight is 328 g/mol. The standard InChI is InChI=1S/C14H12Cl2FN3O/c15-10-5-9(3-4-12(10)17)19-13-11(16)6-18-20(14(13)21)7-8-1-2-8/h3-6,8,19H,1-2,7H2. The van der Waals surface area contributed by atoms with E-state index in [1.165, 1.54) is 29.1 Å². The molecule has 1 N–H and O–H groups in total. The van der Waals surface area contributed by atoms with E-state index >= 15 is 0 Å². The molecule has 1 aliphatic carbocycles. The van der Waals surface area contributed by atoms with Crippen LogP contribution in [0.5, 0.6) is 0 Å². The van der Waals surface area contributed by atoms with E-state index in [4.69, 9.17) is 23.2 Å². The van der Waals surface area contributed by atoms with E-state index in [0.29, 0.717) is 18.2 Å². The van der Waals surface area contributed by atoms with Gasteiger partial charge in [-0.1, -0.05) is 23.2 Å². The number of nitrogens with zero attached hydrogens (tertiary/aromatic N) is 2. The maximum absolute atomic E-state index is 13.1. The summed E-state index contributed by atoms with van der Waals surface area (Å²) in [4.78, 5) is 12.4. The topological polar surface area (TPSA) is 46.9 Å². The minimum absolute atomic E-state index is 0.0246. The van der Waals surface area contributed by atoms with Crippen molar-refractivity contribution in [1.82, 2.24) is 9.78 Å². The first kappa shape index (κ1) is 14.4. The Hall–Kier alpha value is -1.59. The Balaban J connectivity index is 1.93. The zero-order valence-corrected chi connectivity index (χ0v) is 12.5. The van der Waals surface area contributed by atoms with E-state index in [9.17, 15) is 9.18 Å². The molecule has 0 bridgehead atoms. The summed E-state index contributed by atoms with van der Waals surface area (Å²) in [5.74, 6) is -0.00122. The highest BCUT2D eigenvalue weighted by Gasteiger charge is 2.23. The molecule has 110 valence electrons. The van der Waals surface area contributed by atoms with Gasteiger partial charge in [-0.2, -0.15) is 5.10 Å². The number of hydrogen-bond acceptors (Lipinski definition) is 3. The lowest BCUT2D eigenvalue weighted by Crippen LogP contribution is -2.26. The van der Waals surface area contributed by atoms with E-state index in [0.717, 1.165) is 12.8 Å². The lowest BCUT2D eigenvalue weighted by Gasteiger charge is -2.11. The lowest BCUT2D eigenvalue weighted by molar-refractivity contribution is 0.535. The van der Waals surface area contributed by atoms with Gasteiger partial charge in [-0.3, -0.25) is 4.79 Å². The van der Waals surface area contributed by atoms with E-state index in [1.807, 2.05) is 0 Å². The Morgan fingerprint density at radius 3 is 2.76 bits per heavy atom. The first-order valence-corrected chi connectivity index (χ1v) is 7.28. The summed E-state index contributed by atoms with van der Waals surface area (Å²) in [5.41, 5.74) is 0.411. The lowest BCUT2D eigenvalue weighted by atomic mass is 10.3. The molecule has 4 nitrogen and oxygen atoms in total. The van der Waals surface area contributed by atoms with Crippen LogP contribution in [0.25, 0.3) is 0 Å². The highest BCUT2D eigenvalue weighted by molar-refractivity contribution is 6.33. The molecule has 1 heterocycles. The average Bonchev–Trinajstić information content (AvgIpc) is 3.26. The number of nitrogens with one attached hydrogen (secondary N) is 1. The summed E-state index contributed by atoms with van der Waals surface area (Å²) < 4.78 is 14.5. The normalized spacial score (nSPS) is 14.2. The number of benzene rings is 1. The maximum atomic E-state index is 13.1. The second kappa shape index (κ2) is 5.66. The van der Waals surface area contributed by atoms with Gasteiger partial charge in [-0.25, -0.2) is 9.07 Å². The van der Waals surface area contributed by atoms with E-state index < -0.39 is 5.82 Å². The molecule has 0 radical (unpaired) electrons. The molecular weight excluding hydrogens is 316 g/mol. The van der Waals surface area contributed by atoms with Crippen molar-refractivity contribution in [3.8, 4) is 0 Å². The van der Waals surface area contributed by atoms with Crippen LogP contribution in [0.1, 0.15) is 12.8 Å². The van der Waals surface area contributed by atoms with E-state index in [-0.39, 0.29) is 21.3 Å². The minimum atomic E-state index is -0.519. The molecule has 1 aromatic heterocycles. The molecule has 1 aromatic carbocycles. The molecule has 0 unspecified atom stereocenters. The minimum Gasteiger partial charge on any atom is -0.350 e. The van der Waals surface area contributed by atoms with Crippen molar-refractivity contribution in [2.75, 3.05) is 5.32 Å². The van der Waals surface area contributed by atoms with Crippen molar-refractivity contribution >= 4 is 34.6 Å². The molecule has 3 rings (SSSR count). The van der Waals surface area contributed by atoms with Crippen molar-refractivity contribution in [2.24, 2.45) is 5.92 Å². The third-order valence-corrected chi connectivity index (χ3v) is 3.89. The van der Waals surface area contributed by atoms with Crippen LogP contribution in [0.2, 0.25) is 10.0 Å². The van der Waals surface area contributed by atoms with Crippen LogP contribution >= 0.6 is 23.2 Å². The van der Waals surface area contributed by atoms with Gasteiger partial charge in [0.2, 0.25) is 0 Å². The molecule has 2 aromatic rings. The molecule has 0 amide bonds. The fourth-order valence-electron chi connectivity index (χ4n) is 1.98. The molecule has 0 aliphatic heterocycles. The molecule has 0 spiro atoms. The van der Waals surface area contributed by atoms with E-state index in [2.05, 4.69) is 10.4 Å². The third-order valence-electron chi connectivity index (χ3n) is 3.31. The van der Waals surface area contributed by atoms with Crippen LogP contribution in [0.3, 0.4) is 0 Å². The van der Waals surface area contributed by atoms with Crippen LogP contribution in [-0.4, -0.2) is 9.78 Å². The number of halogens is 3. The predicted molar refractivity (Wildman–Crippen MR) is 80.9 cm³/mol. The van der Waals surface area contributed by atoms with Crippen LogP contribution < -0.4 is 10.9 Å². The highest BCUT2D eigenvalue weighted by Crippen LogP contribution is 2.30. The molecule has 0 saturated heterocycles. The van der Waals surface area contributed by atoms with Crippen molar-refractivity contribution in [1.29, 1.82) is 0 Å². The summed E-state index contributed by atoms with van der Waals surface area (Å²) in [6.45, 7) is 0.592. The number of rotatable bonds is 4. The largest absolute Gasteiger partial charge is 0.350 e. The molecule has 7 heteroatoms. The molecular formula is C14H12Cl2FN3O. The predicted octanol–water partition coefficient (Wildman–Crippen LogP) is 3.84. The second-order valence-electron chi connectivity index (χ2n) is 5.05. The smallest absolute Gasteiger partial charge is 0.291 e. The Bertz CT molecular complexity index is 743. The van der Waals surface area contributed by atoms with E-state index in [1.54, 1.807) is 0 Å². The molecule has 0 atom stereocenters. The number of anilines is 2. The molecule has 1 aliphatic rings. The number of aromatic nitrogens is 2. The highest BCUT2D eigenvalue weighted by atomic mass is 35.5. The molecule has 1 saturated carbocycles. The van der Waals surface area contributed by atoms with Crippen LogP contribution in [0.4, 0.5) is 15.8 Å². The van der Waals surface area contributed by atoms with Gasteiger partial charge in [-0.15, -0.1) is 0 Å². The van der Waals surface area contributed by atoms with Crippen LogP contribution in [0.15, 0.2) is 29.2 Å². The van der Waals surface area contributed by atoms with Crippen molar-refractivity contribution in [3.63, 3.8) is 0 Å². The summed E-state index contributed by atoms with van der Waals surface area (Å²) in [7, 11) is 0. The number of hydrogen-bond donors (Lipinski definition) is 1.